The van der Waals surface area contributed by atoms with Crippen molar-refractivity contribution in [2.45, 2.75) is 31.7 Å². The number of carbonyl (C=O) groups is 2. The standard InChI is InChI=1S/C19H22N4O3/c1-12-9-23(17-5-3-2-4-14(17)20-11-24)10-16(12)21-19(25)15-8-18(26-22-15)13-6-7-13/h2-5,8,11-13,16H,6-7,9-10H2,1H3,(H,20,24)(H,21,25)/t12-,16-/m1/s1. The quantitative estimate of drug-likeness (QED) is 0.778. The van der Waals surface area contributed by atoms with E-state index in [-0.39, 0.29) is 17.9 Å². The molecule has 7 heteroatoms. The van der Waals surface area contributed by atoms with Gasteiger partial charge >= 0.3 is 0 Å². The second-order valence-corrected chi connectivity index (χ2v) is 7.13. The third kappa shape index (κ3) is 3.29. The third-order valence-electron chi connectivity index (χ3n) is 5.13. The molecule has 1 saturated carbocycles. The van der Waals surface area contributed by atoms with Gasteiger partial charge in [0.25, 0.3) is 5.91 Å². The van der Waals surface area contributed by atoms with E-state index in [1.807, 2.05) is 24.3 Å². The van der Waals surface area contributed by atoms with Gasteiger partial charge in [-0.05, 0) is 30.9 Å². The van der Waals surface area contributed by atoms with Crippen LogP contribution in [-0.2, 0) is 4.79 Å². The van der Waals surface area contributed by atoms with Crippen molar-refractivity contribution in [1.29, 1.82) is 0 Å². The number of rotatable bonds is 6. The third-order valence-corrected chi connectivity index (χ3v) is 5.13. The summed E-state index contributed by atoms with van der Waals surface area (Å²) >= 11 is 0. The molecule has 0 spiro atoms. The molecule has 1 aliphatic heterocycles. The maximum Gasteiger partial charge on any atom is 0.273 e. The van der Waals surface area contributed by atoms with Crippen molar-refractivity contribution in [2.75, 3.05) is 23.3 Å². The number of amides is 2. The first-order chi connectivity index (χ1) is 12.7. The van der Waals surface area contributed by atoms with Gasteiger partial charge in [-0.1, -0.05) is 24.2 Å². The van der Waals surface area contributed by atoms with Gasteiger partial charge in [-0.2, -0.15) is 0 Å². The highest BCUT2D eigenvalue weighted by atomic mass is 16.5. The molecule has 26 heavy (non-hydrogen) atoms. The summed E-state index contributed by atoms with van der Waals surface area (Å²) in [5.41, 5.74) is 2.08. The van der Waals surface area contributed by atoms with E-state index < -0.39 is 0 Å². The van der Waals surface area contributed by atoms with Crippen molar-refractivity contribution in [3.8, 4) is 0 Å². The van der Waals surface area contributed by atoms with Crippen LogP contribution in [0.4, 0.5) is 11.4 Å². The Morgan fingerprint density at radius 3 is 2.88 bits per heavy atom. The topological polar surface area (TPSA) is 87.5 Å². The Kier molecular flexibility index (Phi) is 4.36. The fourth-order valence-electron chi connectivity index (χ4n) is 3.49. The first kappa shape index (κ1) is 16.6. The molecule has 2 aromatic rings. The Bertz CT molecular complexity index is 815. The molecule has 1 aliphatic carbocycles. The Labute approximate surface area is 151 Å². The molecule has 2 aliphatic rings. The summed E-state index contributed by atoms with van der Waals surface area (Å²) in [6.07, 6.45) is 2.90. The van der Waals surface area contributed by atoms with Crippen molar-refractivity contribution in [2.24, 2.45) is 5.92 Å². The predicted molar refractivity (Wildman–Crippen MR) is 97.2 cm³/mol. The molecular weight excluding hydrogens is 332 g/mol. The zero-order valence-corrected chi connectivity index (χ0v) is 14.6. The lowest BCUT2D eigenvalue weighted by molar-refractivity contribution is -0.105. The summed E-state index contributed by atoms with van der Waals surface area (Å²) in [5, 5.41) is 9.72. The summed E-state index contributed by atoms with van der Waals surface area (Å²) in [6, 6.07) is 9.44. The Balaban J connectivity index is 1.43. The lowest BCUT2D eigenvalue weighted by Gasteiger charge is -2.21. The van der Waals surface area contributed by atoms with Gasteiger partial charge in [0.05, 0.1) is 17.4 Å². The summed E-state index contributed by atoms with van der Waals surface area (Å²) in [7, 11) is 0. The van der Waals surface area contributed by atoms with Crippen LogP contribution in [0.15, 0.2) is 34.9 Å². The van der Waals surface area contributed by atoms with Crippen LogP contribution in [0.3, 0.4) is 0 Å². The van der Waals surface area contributed by atoms with Crippen LogP contribution >= 0.6 is 0 Å². The minimum absolute atomic E-state index is 0.00728. The summed E-state index contributed by atoms with van der Waals surface area (Å²) < 4.78 is 5.27. The predicted octanol–water partition coefficient (Wildman–Crippen LogP) is 2.38. The molecule has 0 unspecified atom stereocenters. The van der Waals surface area contributed by atoms with Crippen molar-refractivity contribution < 1.29 is 14.1 Å². The maximum absolute atomic E-state index is 12.5. The van der Waals surface area contributed by atoms with E-state index in [1.54, 1.807) is 6.07 Å². The van der Waals surface area contributed by atoms with Crippen molar-refractivity contribution in [3.05, 3.63) is 41.8 Å². The summed E-state index contributed by atoms with van der Waals surface area (Å²) in [4.78, 5) is 25.5. The zero-order valence-electron chi connectivity index (χ0n) is 14.6. The van der Waals surface area contributed by atoms with E-state index in [1.165, 1.54) is 0 Å². The van der Waals surface area contributed by atoms with Gasteiger partial charge in [0.1, 0.15) is 5.76 Å². The maximum atomic E-state index is 12.5. The van der Waals surface area contributed by atoms with Crippen LogP contribution in [-0.4, -0.2) is 36.6 Å². The number of para-hydroxylation sites is 2. The van der Waals surface area contributed by atoms with Gasteiger partial charge in [0.15, 0.2) is 5.69 Å². The Morgan fingerprint density at radius 2 is 2.12 bits per heavy atom. The average Bonchev–Trinajstić information content (AvgIpc) is 3.26. The normalized spacial score (nSPS) is 22.3. The van der Waals surface area contributed by atoms with Crippen LogP contribution in [0.2, 0.25) is 0 Å². The van der Waals surface area contributed by atoms with Gasteiger partial charge in [-0.3, -0.25) is 9.59 Å². The summed E-state index contributed by atoms with van der Waals surface area (Å²) in [5.74, 6) is 1.33. The van der Waals surface area contributed by atoms with Crippen LogP contribution < -0.4 is 15.5 Å². The molecule has 0 bridgehead atoms. The number of nitrogens with one attached hydrogen (secondary N) is 2. The smallest absolute Gasteiger partial charge is 0.273 e. The van der Waals surface area contributed by atoms with Crippen LogP contribution in [0, 0.1) is 5.92 Å². The second kappa shape index (κ2) is 6.82. The number of carbonyl (C=O) groups excluding carboxylic acids is 2. The van der Waals surface area contributed by atoms with Gasteiger partial charge < -0.3 is 20.1 Å². The number of hydrogen-bond acceptors (Lipinski definition) is 5. The Hall–Kier alpha value is -2.83. The van der Waals surface area contributed by atoms with E-state index >= 15 is 0 Å². The number of nitrogens with zero attached hydrogens (tertiary/aromatic N) is 2. The largest absolute Gasteiger partial charge is 0.367 e. The SMILES string of the molecule is C[C@@H]1CN(c2ccccc2NC=O)C[C@H]1NC(=O)c1cc(C2CC2)on1. The number of benzene rings is 1. The van der Waals surface area contributed by atoms with Crippen LogP contribution in [0.5, 0.6) is 0 Å². The molecule has 136 valence electrons. The monoisotopic (exact) mass is 354 g/mol. The van der Waals surface area contributed by atoms with E-state index in [0.717, 1.165) is 36.5 Å². The minimum atomic E-state index is -0.196. The average molecular weight is 354 g/mol. The van der Waals surface area contributed by atoms with Gasteiger partial charge in [-0.15, -0.1) is 0 Å². The number of anilines is 2. The van der Waals surface area contributed by atoms with Crippen molar-refractivity contribution >= 4 is 23.7 Å². The van der Waals surface area contributed by atoms with E-state index in [4.69, 9.17) is 4.52 Å². The van der Waals surface area contributed by atoms with Gasteiger partial charge in [0, 0.05) is 25.1 Å². The molecular formula is C19H22N4O3. The fourth-order valence-corrected chi connectivity index (χ4v) is 3.49. The molecule has 2 N–H and O–H groups in total. The van der Waals surface area contributed by atoms with Gasteiger partial charge in [0.2, 0.25) is 6.41 Å². The Morgan fingerprint density at radius 1 is 1.31 bits per heavy atom. The van der Waals surface area contributed by atoms with Gasteiger partial charge in [-0.25, -0.2) is 0 Å². The molecule has 0 radical (unpaired) electrons. The number of aromatic nitrogens is 1. The highest BCUT2D eigenvalue weighted by molar-refractivity contribution is 5.92. The first-order valence-corrected chi connectivity index (χ1v) is 8.97. The minimum Gasteiger partial charge on any atom is -0.367 e. The lowest BCUT2D eigenvalue weighted by atomic mass is 10.1. The molecule has 7 nitrogen and oxygen atoms in total. The molecule has 2 amide bonds. The summed E-state index contributed by atoms with van der Waals surface area (Å²) in [6.45, 7) is 3.59. The molecule has 2 heterocycles. The highest BCUT2D eigenvalue weighted by Crippen LogP contribution is 2.40. The highest BCUT2D eigenvalue weighted by Gasteiger charge is 2.33. The van der Waals surface area contributed by atoms with Crippen LogP contribution in [0.1, 0.15) is 41.9 Å². The molecule has 4 rings (SSSR count). The van der Waals surface area contributed by atoms with Crippen LogP contribution in [0.25, 0.3) is 0 Å². The lowest BCUT2D eigenvalue weighted by Crippen LogP contribution is -2.40. The molecule has 1 saturated heterocycles. The first-order valence-electron chi connectivity index (χ1n) is 8.97. The number of hydrogen-bond donors (Lipinski definition) is 2. The van der Waals surface area contributed by atoms with E-state index in [2.05, 4.69) is 27.6 Å². The molecule has 2 atom stereocenters. The molecule has 2 fully saturated rings. The fraction of sp³-hybridized carbons (Fsp3) is 0.421. The zero-order chi connectivity index (χ0) is 18.1. The second-order valence-electron chi connectivity index (χ2n) is 7.13. The van der Waals surface area contributed by atoms with Crippen molar-refractivity contribution in [1.82, 2.24) is 10.5 Å². The molecule has 1 aromatic carbocycles. The van der Waals surface area contributed by atoms with E-state index in [9.17, 15) is 9.59 Å². The van der Waals surface area contributed by atoms with Crippen molar-refractivity contribution in [3.63, 3.8) is 0 Å². The molecule has 1 aromatic heterocycles. The van der Waals surface area contributed by atoms with E-state index in [0.29, 0.717) is 24.6 Å².